The number of rotatable bonds is 5. The van der Waals surface area contributed by atoms with E-state index in [9.17, 15) is 4.39 Å². The Bertz CT molecular complexity index is 690. The number of nitrogens with zero attached hydrogens (tertiary/aromatic N) is 2. The lowest BCUT2D eigenvalue weighted by Crippen LogP contribution is -2.32. The lowest BCUT2D eigenvalue weighted by molar-refractivity contribution is 0.628. The second-order valence-electron chi connectivity index (χ2n) is 5.38. The van der Waals surface area contributed by atoms with Crippen molar-refractivity contribution in [1.29, 1.82) is 0 Å². The van der Waals surface area contributed by atoms with E-state index in [4.69, 9.17) is 5.73 Å². The van der Waals surface area contributed by atoms with Crippen molar-refractivity contribution in [1.82, 2.24) is 0 Å². The third-order valence-electron chi connectivity index (χ3n) is 3.76. The zero-order valence-corrected chi connectivity index (χ0v) is 12.2. The van der Waals surface area contributed by atoms with E-state index in [0.717, 1.165) is 24.1 Å². The number of nitrogens with two attached hydrogens (primary N) is 1. The highest BCUT2D eigenvalue weighted by Gasteiger charge is 2.18. The summed E-state index contributed by atoms with van der Waals surface area (Å²) in [6.07, 6.45) is 1.77. The van der Waals surface area contributed by atoms with Gasteiger partial charge in [-0.15, -0.1) is 0 Å². The maximum absolute atomic E-state index is 12.9. The molecule has 1 aliphatic rings. The first-order chi connectivity index (χ1) is 10.7. The summed E-state index contributed by atoms with van der Waals surface area (Å²) >= 11 is 0. The summed E-state index contributed by atoms with van der Waals surface area (Å²) in [5, 5.41) is 0. The number of hydrogen-bond acceptors (Lipinski definition) is 3. The van der Waals surface area contributed by atoms with Crippen LogP contribution in [0.25, 0.3) is 0 Å². The SMILES string of the molecule is N[C@H](CCc1ccccc1)C1=NC(c2ccc(F)cc2)=NC1. The van der Waals surface area contributed by atoms with E-state index in [1.165, 1.54) is 17.7 Å². The van der Waals surface area contributed by atoms with Crippen molar-refractivity contribution in [3.63, 3.8) is 0 Å². The van der Waals surface area contributed by atoms with Gasteiger partial charge in [0.1, 0.15) is 5.82 Å². The second kappa shape index (κ2) is 6.62. The fourth-order valence-electron chi connectivity index (χ4n) is 2.45. The summed E-state index contributed by atoms with van der Waals surface area (Å²) in [4.78, 5) is 8.92. The zero-order valence-electron chi connectivity index (χ0n) is 12.2. The molecule has 0 saturated heterocycles. The first-order valence-electron chi connectivity index (χ1n) is 7.40. The molecule has 1 aliphatic heterocycles. The minimum Gasteiger partial charge on any atom is -0.323 e. The maximum atomic E-state index is 12.9. The van der Waals surface area contributed by atoms with Crippen molar-refractivity contribution in [3.8, 4) is 0 Å². The fraction of sp³-hybridized carbons (Fsp3) is 0.222. The van der Waals surface area contributed by atoms with Crippen LogP contribution in [0.5, 0.6) is 0 Å². The highest BCUT2D eigenvalue weighted by molar-refractivity contribution is 6.13. The monoisotopic (exact) mass is 295 g/mol. The Morgan fingerprint density at radius 2 is 1.77 bits per heavy atom. The summed E-state index contributed by atoms with van der Waals surface area (Å²) in [6, 6.07) is 16.4. The molecule has 112 valence electrons. The Hall–Kier alpha value is -2.33. The second-order valence-corrected chi connectivity index (χ2v) is 5.38. The minimum atomic E-state index is -0.258. The number of benzene rings is 2. The summed E-state index contributed by atoms with van der Waals surface area (Å²) in [6.45, 7) is 0.530. The largest absolute Gasteiger partial charge is 0.323 e. The zero-order chi connectivity index (χ0) is 15.4. The van der Waals surface area contributed by atoms with Crippen LogP contribution in [-0.2, 0) is 6.42 Å². The van der Waals surface area contributed by atoms with Crippen molar-refractivity contribution in [2.45, 2.75) is 18.9 Å². The lowest BCUT2D eigenvalue weighted by atomic mass is 10.0. The summed E-state index contributed by atoms with van der Waals surface area (Å²) < 4.78 is 12.9. The van der Waals surface area contributed by atoms with E-state index in [0.29, 0.717) is 12.4 Å². The van der Waals surface area contributed by atoms with Gasteiger partial charge in [-0.1, -0.05) is 30.3 Å². The fourth-order valence-corrected chi connectivity index (χ4v) is 2.45. The van der Waals surface area contributed by atoms with Gasteiger partial charge in [-0.2, -0.15) is 0 Å². The topological polar surface area (TPSA) is 50.7 Å². The van der Waals surface area contributed by atoms with Gasteiger partial charge in [0, 0.05) is 11.6 Å². The molecule has 1 heterocycles. The predicted octanol–water partition coefficient (Wildman–Crippen LogP) is 2.99. The number of halogens is 1. The third-order valence-corrected chi connectivity index (χ3v) is 3.76. The molecule has 2 aromatic carbocycles. The quantitative estimate of drug-likeness (QED) is 0.905. The predicted molar refractivity (Wildman–Crippen MR) is 88.0 cm³/mol. The van der Waals surface area contributed by atoms with Crippen LogP contribution < -0.4 is 5.73 Å². The van der Waals surface area contributed by atoms with Crippen LogP contribution in [-0.4, -0.2) is 24.1 Å². The lowest BCUT2D eigenvalue weighted by Gasteiger charge is -2.10. The van der Waals surface area contributed by atoms with Crippen LogP contribution in [0.2, 0.25) is 0 Å². The molecule has 0 amide bonds. The molecule has 0 aromatic heterocycles. The van der Waals surface area contributed by atoms with Crippen molar-refractivity contribution < 1.29 is 4.39 Å². The van der Waals surface area contributed by atoms with E-state index in [1.54, 1.807) is 12.1 Å². The first kappa shape index (κ1) is 14.6. The first-order valence-corrected chi connectivity index (χ1v) is 7.40. The van der Waals surface area contributed by atoms with Gasteiger partial charge < -0.3 is 5.73 Å². The van der Waals surface area contributed by atoms with E-state index < -0.39 is 0 Å². The Labute approximate surface area is 129 Å². The molecule has 0 spiro atoms. The van der Waals surface area contributed by atoms with Gasteiger partial charge in [-0.25, -0.2) is 9.38 Å². The van der Waals surface area contributed by atoms with Gasteiger partial charge in [-0.05, 0) is 42.7 Å². The van der Waals surface area contributed by atoms with Crippen LogP contribution in [0.4, 0.5) is 4.39 Å². The maximum Gasteiger partial charge on any atom is 0.154 e. The van der Waals surface area contributed by atoms with Gasteiger partial charge in [0.05, 0.1) is 12.3 Å². The average Bonchev–Trinajstić information content (AvgIpc) is 3.04. The van der Waals surface area contributed by atoms with E-state index >= 15 is 0 Å². The molecule has 2 N–H and O–H groups in total. The van der Waals surface area contributed by atoms with Crippen LogP contribution >= 0.6 is 0 Å². The third kappa shape index (κ3) is 3.46. The van der Waals surface area contributed by atoms with E-state index in [-0.39, 0.29) is 11.9 Å². The van der Waals surface area contributed by atoms with Crippen LogP contribution in [0.1, 0.15) is 17.5 Å². The van der Waals surface area contributed by atoms with E-state index in [1.807, 2.05) is 18.2 Å². The molecule has 1 atom stereocenters. The van der Waals surface area contributed by atoms with Crippen molar-refractivity contribution in [3.05, 3.63) is 71.5 Å². The summed E-state index contributed by atoms with van der Waals surface area (Å²) in [5.74, 6) is 0.385. The average molecular weight is 295 g/mol. The smallest absolute Gasteiger partial charge is 0.154 e. The van der Waals surface area contributed by atoms with Gasteiger partial charge in [0.15, 0.2) is 5.84 Å². The molecule has 2 aromatic rings. The van der Waals surface area contributed by atoms with Crippen LogP contribution in [0, 0.1) is 5.82 Å². The molecule has 3 rings (SSSR count). The van der Waals surface area contributed by atoms with Gasteiger partial charge >= 0.3 is 0 Å². The van der Waals surface area contributed by atoms with Gasteiger partial charge in [0.2, 0.25) is 0 Å². The molecule has 0 radical (unpaired) electrons. The molecule has 22 heavy (non-hydrogen) atoms. The summed E-state index contributed by atoms with van der Waals surface area (Å²) in [7, 11) is 0. The van der Waals surface area contributed by atoms with Gasteiger partial charge in [-0.3, -0.25) is 4.99 Å². The normalized spacial score (nSPS) is 15.4. The molecule has 0 aliphatic carbocycles. The highest BCUT2D eigenvalue weighted by Crippen LogP contribution is 2.12. The molecular formula is C18H18FN3. The number of aryl methyl sites for hydroxylation is 1. The Kier molecular flexibility index (Phi) is 4.39. The Morgan fingerprint density at radius 1 is 1.05 bits per heavy atom. The molecule has 0 saturated carbocycles. The minimum absolute atomic E-state index is 0.0955. The molecule has 0 bridgehead atoms. The van der Waals surface area contributed by atoms with Crippen molar-refractivity contribution >= 4 is 11.5 Å². The van der Waals surface area contributed by atoms with Crippen LogP contribution in [0.15, 0.2) is 64.6 Å². The number of amidine groups is 1. The summed E-state index contributed by atoms with van der Waals surface area (Å²) in [5.41, 5.74) is 9.23. The van der Waals surface area contributed by atoms with Gasteiger partial charge in [0.25, 0.3) is 0 Å². The van der Waals surface area contributed by atoms with Crippen LogP contribution in [0.3, 0.4) is 0 Å². The Morgan fingerprint density at radius 3 is 2.50 bits per heavy atom. The highest BCUT2D eigenvalue weighted by atomic mass is 19.1. The number of aliphatic imine (C=N–C) groups is 2. The van der Waals surface area contributed by atoms with E-state index in [2.05, 4.69) is 22.1 Å². The van der Waals surface area contributed by atoms with Crippen molar-refractivity contribution in [2.24, 2.45) is 15.7 Å². The standard InChI is InChI=1S/C18H18FN3/c19-15-9-7-14(8-10-15)18-21-12-17(22-18)16(20)11-6-13-4-2-1-3-5-13/h1-5,7-10,16H,6,11-12,20H2/t16-/m1/s1. The molecule has 3 nitrogen and oxygen atoms in total. The molecule has 4 heteroatoms. The number of hydrogen-bond donors (Lipinski definition) is 1. The molecule has 0 unspecified atom stereocenters. The molecular weight excluding hydrogens is 277 g/mol. The van der Waals surface area contributed by atoms with Crippen molar-refractivity contribution in [2.75, 3.05) is 6.54 Å². The molecule has 0 fully saturated rings. The Balaban J connectivity index is 1.61.